The van der Waals surface area contributed by atoms with E-state index in [1.807, 2.05) is 0 Å². The summed E-state index contributed by atoms with van der Waals surface area (Å²) < 4.78 is 99.2. The molecule has 0 saturated carbocycles. The molecule has 0 aliphatic rings. The van der Waals surface area contributed by atoms with E-state index in [1.165, 1.54) is 0 Å². The number of nitro groups is 1. The van der Waals surface area contributed by atoms with Crippen molar-refractivity contribution in [2.75, 3.05) is 0 Å². The van der Waals surface area contributed by atoms with Gasteiger partial charge in [-0.2, -0.15) is 13.2 Å². The van der Waals surface area contributed by atoms with Crippen molar-refractivity contribution in [2.45, 2.75) is 17.6 Å². The Morgan fingerprint density at radius 3 is 2.05 bits per heavy atom. The van der Waals surface area contributed by atoms with E-state index in [4.69, 9.17) is 0 Å². The molecule has 0 spiro atoms. The summed E-state index contributed by atoms with van der Waals surface area (Å²) >= 11 is 0. The number of halogens is 6. The average molecular weight is 355 g/mol. The van der Waals surface area contributed by atoms with E-state index in [0.29, 0.717) is 0 Å². The van der Waals surface area contributed by atoms with Crippen LogP contribution in [0.5, 0.6) is 5.75 Å². The Labute approximate surface area is 116 Å². The van der Waals surface area contributed by atoms with Gasteiger partial charge in [0.25, 0.3) is 10.0 Å². The van der Waals surface area contributed by atoms with Crippen LogP contribution >= 0.6 is 0 Å². The first-order valence-electron chi connectivity index (χ1n) is 4.68. The predicted octanol–water partition coefficient (Wildman–Crippen LogP) is 1.55. The largest absolute Gasteiger partial charge is 0.573 e. The van der Waals surface area contributed by atoms with E-state index >= 15 is 0 Å². The molecular weight excluding hydrogens is 352 g/mol. The fourth-order valence-electron chi connectivity index (χ4n) is 1.19. The number of pyridine rings is 1. The maximum atomic E-state index is 12.7. The maximum absolute atomic E-state index is 12.7. The van der Waals surface area contributed by atoms with Crippen molar-refractivity contribution in [1.29, 1.82) is 0 Å². The highest BCUT2D eigenvalue weighted by molar-refractivity contribution is 7.89. The first-order valence-corrected chi connectivity index (χ1v) is 6.22. The molecule has 0 amide bonds. The number of alkyl halides is 6. The molecule has 8 nitrogen and oxygen atoms in total. The zero-order valence-electron chi connectivity index (χ0n) is 9.77. The van der Waals surface area contributed by atoms with Crippen LogP contribution in [0.25, 0.3) is 0 Å². The highest BCUT2D eigenvalue weighted by Gasteiger charge is 2.46. The molecule has 0 fully saturated rings. The minimum atomic E-state index is -5.71. The minimum absolute atomic E-state index is 0.175. The molecule has 15 heteroatoms. The third kappa shape index (κ3) is 4.17. The molecule has 0 saturated heterocycles. The van der Waals surface area contributed by atoms with Crippen LogP contribution in [0.4, 0.5) is 32.0 Å². The zero-order valence-corrected chi connectivity index (χ0v) is 10.6. The van der Waals surface area contributed by atoms with Gasteiger partial charge in [-0.1, -0.05) is 0 Å². The van der Waals surface area contributed by atoms with Gasteiger partial charge in [0.15, 0.2) is 10.7 Å². The second-order valence-electron chi connectivity index (χ2n) is 3.51. The van der Waals surface area contributed by atoms with Gasteiger partial charge in [0.1, 0.15) is 0 Å². The van der Waals surface area contributed by atoms with Crippen molar-refractivity contribution < 1.29 is 44.4 Å². The zero-order chi connectivity index (χ0) is 17.5. The van der Waals surface area contributed by atoms with Gasteiger partial charge in [-0.25, -0.2) is 18.5 Å². The van der Waals surface area contributed by atoms with Gasteiger partial charge < -0.3 is 4.74 Å². The fourth-order valence-corrected chi connectivity index (χ4v) is 1.68. The lowest BCUT2D eigenvalue weighted by Crippen LogP contribution is -2.24. The summed E-state index contributed by atoms with van der Waals surface area (Å²) in [5.41, 5.74) is -4.47. The first-order chi connectivity index (χ1) is 9.63. The number of hydrogen-bond donors (Lipinski definition) is 1. The monoisotopic (exact) mass is 355 g/mol. The van der Waals surface area contributed by atoms with E-state index in [0.717, 1.165) is 0 Å². The summed E-state index contributed by atoms with van der Waals surface area (Å²) in [6.45, 7) is 0. The summed E-state index contributed by atoms with van der Waals surface area (Å²) in [6, 6.07) is -0.175. The molecular formula is C7H3F6N3O5S. The molecule has 1 rings (SSSR count). The minimum Gasteiger partial charge on any atom is -0.396 e. The van der Waals surface area contributed by atoms with Gasteiger partial charge >= 0.3 is 18.2 Å². The molecule has 0 bridgehead atoms. The van der Waals surface area contributed by atoms with Crippen molar-refractivity contribution in [3.8, 4) is 5.75 Å². The second kappa shape index (κ2) is 5.24. The number of hydrogen-bond acceptors (Lipinski definition) is 6. The summed E-state index contributed by atoms with van der Waals surface area (Å²) in [6.07, 6.45) is -11.4. The summed E-state index contributed by atoms with van der Waals surface area (Å²) in [5.74, 6) is -2.29. The van der Waals surface area contributed by atoms with E-state index < -0.39 is 49.6 Å². The number of nitrogens with two attached hydrogens (primary N) is 1. The number of rotatable bonds is 3. The van der Waals surface area contributed by atoms with Gasteiger partial charge in [0, 0.05) is 0 Å². The third-order valence-corrected chi connectivity index (χ3v) is 2.70. The maximum Gasteiger partial charge on any atom is 0.573 e. The Bertz CT molecular complexity index is 713. The van der Waals surface area contributed by atoms with Crippen molar-refractivity contribution in [1.82, 2.24) is 4.98 Å². The smallest absolute Gasteiger partial charge is 0.396 e. The highest BCUT2D eigenvalue weighted by atomic mass is 32.2. The van der Waals surface area contributed by atoms with Crippen LogP contribution in [0, 0.1) is 10.1 Å². The molecule has 0 unspecified atom stereocenters. The molecule has 0 radical (unpaired) electrons. The van der Waals surface area contributed by atoms with Crippen molar-refractivity contribution in [3.05, 3.63) is 21.9 Å². The summed E-state index contributed by atoms with van der Waals surface area (Å²) in [4.78, 5) is 11.3. The Kier molecular flexibility index (Phi) is 4.26. The second-order valence-corrected chi connectivity index (χ2v) is 5.01. The topological polar surface area (TPSA) is 125 Å². The number of ether oxygens (including phenoxy) is 1. The third-order valence-electron chi connectivity index (χ3n) is 1.90. The number of aromatic nitrogens is 1. The van der Waals surface area contributed by atoms with Gasteiger partial charge in [-0.05, 0) is 0 Å². The molecule has 22 heavy (non-hydrogen) atoms. The highest BCUT2D eigenvalue weighted by Crippen LogP contribution is 2.43. The predicted molar refractivity (Wildman–Crippen MR) is 53.9 cm³/mol. The lowest BCUT2D eigenvalue weighted by Gasteiger charge is -2.15. The average Bonchev–Trinajstić information content (AvgIpc) is 2.23. The molecule has 0 aromatic carbocycles. The normalized spacial score (nSPS) is 13.0. The standard InChI is InChI=1S/C7H3F6N3O5S/c8-6(9,10)5-4(21-7(11,12)13)2(16(17)18)1-3(15-5)22(14,19)20/h1H,(H2,14,19,20). The van der Waals surface area contributed by atoms with E-state index in [1.54, 1.807) is 0 Å². The van der Waals surface area contributed by atoms with Crippen LogP contribution in [0.1, 0.15) is 5.69 Å². The van der Waals surface area contributed by atoms with Crippen LogP contribution < -0.4 is 9.88 Å². The van der Waals surface area contributed by atoms with Crippen LogP contribution in [-0.4, -0.2) is 24.7 Å². The Hall–Kier alpha value is -2.16. The van der Waals surface area contributed by atoms with Crippen molar-refractivity contribution >= 4 is 15.7 Å². The van der Waals surface area contributed by atoms with Gasteiger partial charge in [0.05, 0.1) is 11.0 Å². The van der Waals surface area contributed by atoms with E-state index in [-0.39, 0.29) is 6.07 Å². The lowest BCUT2D eigenvalue weighted by atomic mass is 10.2. The van der Waals surface area contributed by atoms with Crippen molar-refractivity contribution in [2.24, 2.45) is 5.14 Å². The van der Waals surface area contributed by atoms with Crippen LogP contribution in [0.3, 0.4) is 0 Å². The Morgan fingerprint density at radius 1 is 1.23 bits per heavy atom. The molecule has 1 aromatic heterocycles. The van der Waals surface area contributed by atoms with Crippen LogP contribution in [-0.2, 0) is 16.2 Å². The molecule has 0 aliphatic carbocycles. The number of sulfonamides is 1. The first kappa shape index (κ1) is 17.9. The Morgan fingerprint density at radius 2 is 1.73 bits per heavy atom. The van der Waals surface area contributed by atoms with Gasteiger partial charge in [0.2, 0.25) is 5.75 Å². The van der Waals surface area contributed by atoms with Crippen LogP contribution in [0.2, 0.25) is 0 Å². The molecule has 124 valence electrons. The Balaban J connectivity index is 3.83. The molecule has 0 aliphatic heterocycles. The quantitative estimate of drug-likeness (QED) is 0.498. The molecule has 1 heterocycles. The lowest BCUT2D eigenvalue weighted by molar-refractivity contribution is -0.389. The summed E-state index contributed by atoms with van der Waals surface area (Å²) in [7, 11) is -4.95. The summed E-state index contributed by atoms with van der Waals surface area (Å²) in [5, 5.41) is 13.4. The molecule has 0 atom stereocenters. The number of nitrogens with zero attached hydrogens (tertiary/aromatic N) is 2. The van der Waals surface area contributed by atoms with Crippen molar-refractivity contribution in [3.63, 3.8) is 0 Å². The van der Waals surface area contributed by atoms with E-state index in [9.17, 15) is 44.9 Å². The van der Waals surface area contributed by atoms with Gasteiger partial charge in [-0.15, -0.1) is 13.2 Å². The molecule has 2 N–H and O–H groups in total. The van der Waals surface area contributed by atoms with Crippen LogP contribution in [0.15, 0.2) is 11.1 Å². The van der Waals surface area contributed by atoms with E-state index in [2.05, 4.69) is 14.9 Å². The van der Waals surface area contributed by atoms with Gasteiger partial charge in [-0.3, -0.25) is 10.1 Å². The number of primary sulfonamides is 1. The molecule has 1 aromatic rings. The SMILES string of the molecule is NS(=O)(=O)c1cc([N+](=O)[O-])c(OC(F)(F)F)c(C(F)(F)F)n1. The fraction of sp³-hybridized carbons (Fsp3) is 0.286.